The lowest BCUT2D eigenvalue weighted by atomic mass is 10.1. The highest BCUT2D eigenvalue weighted by Gasteiger charge is 2.21. The average Bonchev–Trinajstić information content (AvgIpc) is 2.65. The first-order valence-corrected chi connectivity index (χ1v) is 7.04. The van der Waals surface area contributed by atoms with Crippen molar-refractivity contribution in [2.45, 2.75) is 46.6 Å². The Bertz CT molecular complexity index is 458. The number of aromatic nitrogens is 2. The van der Waals surface area contributed by atoms with E-state index in [2.05, 4.69) is 16.9 Å². The fraction of sp³-hybridized carbons (Fsp3) is 0.667. The minimum absolute atomic E-state index is 0.0551. The first-order valence-electron chi connectivity index (χ1n) is 7.04. The van der Waals surface area contributed by atoms with E-state index in [1.54, 1.807) is 0 Å². The van der Waals surface area contributed by atoms with Gasteiger partial charge >= 0.3 is 5.69 Å². The molecule has 2 heterocycles. The van der Waals surface area contributed by atoms with E-state index in [0.717, 1.165) is 37.3 Å². The molecule has 108 valence electrons. The van der Waals surface area contributed by atoms with Gasteiger partial charge in [0.25, 0.3) is 0 Å². The molecule has 0 atom stereocenters. The molecule has 19 heavy (non-hydrogen) atoms. The Balaban J connectivity index is 0.000000399. The zero-order valence-corrected chi connectivity index (χ0v) is 12.9. The molecule has 2 rings (SSSR count). The molecule has 1 aliphatic rings. The van der Waals surface area contributed by atoms with Gasteiger partial charge in [0.1, 0.15) is 0 Å². The average molecular weight is 265 g/mol. The van der Waals surface area contributed by atoms with Crippen LogP contribution in [0, 0.1) is 13.8 Å². The van der Waals surface area contributed by atoms with E-state index < -0.39 is 0 Å². The first kappa shape index (κ1) is 15.8. The predicted octanol–water partition coefficient (Wildman–Crippen LogP) is 2.64. The predicted molar refractivity (Wildman–Crippen MR) is 80.8 cm³/mol. The molecule has 0 spiro atoms. The van der Waals surface area contributed by atoms with E-state index in [4.69, 9.17) is 0 Å². The second-order valence-corrected chi connectivity index (χ2v) is 5.21. The number of hydrogen-bond acceptors (Lipinski definition) is 2. The molecule has 4 nitrogen and oxygen atoms in total. The van der Waals surface area contributed by atoms with Crippen LogP contribution in [0.5, 0.6) is 0 Å². The van der Waals surface area contributed by atoms with Crippen molar-refractivity contribution >= 4 is 0 Å². The quantitative estimate of drug-likeness (QED) is 0.793. The van der Waals surface area contributed by atoms with Crippen molar-refractivity contribution in [3.05, 3.63) is 34.0 Å². The molecule has 0 unspecified atom stereocenters. The van der Waals surface area contributed by atoms with E-state index in [9.17, 15) is 4.79 Å². The van der Waals surface area contributed by atoms with E-state index in [-0.39, 0.29) is 5.69 Å². The summed E-state index contributed by atoms with van der Waals surface area (Å²) in [6.45, 7) is 10.1. The smallest absolute Gasteiger partial charge is 0.310 e. The van der Waals surface area contributed by atoms with Crippen molar-refractivity contribution in [2.75, 3.05) is 20.1 Å². The van der Waals surface area contributed by atoms with Crippen molar-refractivity contribution in [1.82, 2.24) is 14.5 Å². The number of rotatable bonds is 1. The Hall–Kier alpha value is -1.29. The second-order valence-electron chi connectivity index (χ2n) is 5.21. The van der Waals surface area contributed by atoms with Crippen LogP contribution in [0.4, 0.5) is 0 Å². The third-order valence-electron chi connectivity index (χ3n) is 3.80. The summed E-state index contributed by atoms with van der Waals surface area (Å²) in [5.41, 5.74) is 2.15. The molecule has 0 aliphatic carbocycles. The number of imidazole rings is 1. The van der Waals surface area contributed by atoms with Crippen LogP contribution in [0.25, 0.3) is 0 Å². The minimum atomic E-state index is 0.0551. The van der Waals surface area contributed by atoms with Gasteiger partial charge < -0.3 is 9.88 Å². The summed E-state index contributed by atoms with van der Waals surface area (Å²) in [6, 6.07) is 0.388. The van der Waals surface area contributed by atoms with Crippen molar-refractivity contribution in [3.63, 3.8) is 0 Å². The maximum Gasteiger partial charge on any atom is 0.326 e. The number of hydrogen-bond donors (Lipinski definition) is 1. The maximum absolute atomic E-state index is 11.7. The maximum atomic E-state index is 11.7. The first-order chi connectivity index (χ1) is 9.01. The van der Waals surface area contributed by atoms with Crippen molar-refractivity contribution in [1.29, 1.82) is 0 Å². The Morgan fingerprint density at radius 2 is 1.68 bits per heavy atom. The molecule has 4 heteroatoms. The highest BCUT2D eigenvalue weighted by atomic mass is 16.1. The van der Waals surface area contributed by atoms with Crippen LogP contribution >= 0.6 is 0 Å². The minimum Gasteiger partial charge on any atom is -0.310 e. The molecule has 0 saturated carbocycles. The third kappa shape index (κ3) is 4.10. The molecule has 0 bridgehead atoms. The molecule has 1 fully saturated rings. The number of piperidine rings is 1. The third-order valence-corrected chi connectivity index (χ3v) is 3.80. The van der Waals surface area contributed by atoms with Crippen molar-refractivity contribution < 1.29 is 0 Å². The summed E-state index contributed by atoms with van der Waals surface area (Å²) in [5, 5.41) is 0. The van der Waals surface area contributed by atoms with Crippen molar-refractivity contribution in [3.8, 4) is 0 Å². The van der Waals surface area contributed by atoms with E-state index >= 15 is 0 Å². The summed E-state index contributed by atoms with van der Waals surface area (Å²) >= 11 is 0. The summed E-state index contributed by atoms with van der Waals surface area (Å²) < 4.78 is 1.93. The molecule has 0 radical (unpaired) electrons. The number of likely N-dealkylation sites (tertiary alicyclic amines) is 1. The van der Waals surface area contributed by atoms with Crippen LogP contribution < -0.4 is 5.69 Å². The van der Waals surface area contributed by atoms with Crippen LogP contribution in [-0.4, -0.2) is 34.6 Å². The van der Waals surface area contributed by atoms with Gasteiger partial charge in [0.15, 0.2) is 0 Å². The number of aromatic amines is 1. The Morgan fingerprint density at radius 3 is 2.05 bits per heavy atom. The standard InChI is InChI=1S/C11H19N3O.C4H8/c1-8-9(2)14(11(15)12-8)10-4-6-13(3)7-5-10;1-3-4-2/h10H,4-7H2,1-3H3,(H,12,15);3-4H,1-2H3/b;4-3-. The molecule has 1 aromatic rings. The number of aryl methyl sites for hydroxylation is 1. The lowest BCUT2D eigenvalue weighted by Crippen LogP contribution is -2.35. The molecule has 0 aromatic carbocycles. The fourth-order valence-electron chi connectivity index (χ4n) is 2.34. The number of allylic oxidation sites excluding steroid dienone is 2. The van der Waals surface area contributed by atoms with Gasteiger partial charge in [-0.2, -0.15) is 0 Å². The van der Waals surface area contributed by atoms with Gasteiger partial charge in [-0.25, -0.2) is 4.79 Å². The SMILES string of the molecule is C/C=C\C.Cc1[nH]c(=O)n(C2CCN(C)CC2)c1C. The van der Waals surface area contributed by atoms with Gasteiger partial charge in [0, 0.05) is 17.4 Å². The molecule has 1 aromatic heterocycles. The Labute approximate surface area is 116 Å². The Morgan fingerprint density at radius 1 is 1.16 bits per heavy atom. The van der Waals surface area contributed by atoms with Gasteiger partial charge in [-0.3, -0.25) is 4.57 Å². The van der Waals surface area contributed by atoms with Crippen LogP contribution in [-0.2, 0) is 0 Å². The summed E-state index contributed by atoms with van der Waals surface area (Å²) in [5.74, 6) is 0. The number of nitrogens with zero attached hydrogens (tertiary/aromatic N) is 2. The van der Waals surface area contributed by atoms with Gasteiger partial charge in [-0.1, -0.05) is 12.2 Å². The second kappa shape index (κ2) is 7.34. The molecule has 1 saturated heterocycles. The molecule has 1 aliphatic heterocycles. The van der Waals surface area contributed by atoms with Crippen LogP contribution in [0.15, 0.2) is 16.9 Å². The lowest BCUT2D eigenvalue weighted by Gasteiger charge is -2.29. The van der Waals surface area contributed by atoms with E-state index in [1.165, 1.54) is 0 Å². The summed E-state index contributed by atoms with van der Waals surface area (Å²) in [4.78, 5) is 16.9. The van der Waals surface area contributed by atoms with Gasteiger partial charge in [0.05, 0.1) is 0 Å². The van der Waals surface area contributed by atoms with Gasteiger partial charge in [0.2, 0.25) is 0 Å². The highest BCUT2D eigenvalue weighted by molar-refractivity contribution is 5.10. The molecule has 0 amide bonds. The molecule has 1 N–H and O–H groups in total. The zero-order valence-electron chi connectivity index (χ0n) is 12.9. The van der Waals surface area contributed by atoms with E-state index in [1.807, 2.05) is 44.4 Å². The van der Waals surface area contributed by atoms with Crippen LogP contribution in [0.2, 0.25) is 0 Å². The monoisotopic (exact) mass is 265 g/mol. The fourth-order valence-corrected chi connectivity index (χ4v) is 2.34. The molecular weight excluding hydrogens is 238 g/mol. The number of nitrogens with one attached hydrogen (secondary N) is 1. The van der Waals surface area contributed by atoms with E-state index in [0.29, 0.717) is 6.04 Å². The summed E-state index contributed by atoms with van der Waals surface area (Å²) in [6.07, 6.45) is 6.16. The van der Waals surface area contributed by atoms with Crippen LogP contribution in [0.1, 0.15) is 44.1 Å². The topological polar surface area (TPSA) is 41.0 Å². The zero-order chi connectivity index (χ0) is 14.4. The van der Waals surface area contributed by atoms with Crippen LogP contribution in [0.3, 0.4) is 0 Å². The normalized spacial score (nSPS) is 17.5. The van der Waals surface area contributed by atoms with Crippen molar-refractivity contribution in [2.24, 2.45) is 0 Å². The lowest BCUT2D eigenvalue weighted by molar-refractivity contribution is 0.217. The largest absolute Gasteiger partial charge is 0.326 e. The Kier molecular flexibility index (Phi) is 6.09. The van der Waals surface area contributed by atoms with Gasteiger partial charge in [-0.15, -0.1) is 0 Å². The van der Waals surface area contributed by atoms with Gasteiger partial charge in [-0.05, 0) is 60.7 Å². The summed E-state index contributed by atoms with van der Waals surface area (Å²) in [7, 11) is 2.13. The number of H-pyrrole nitrogens is 1. The highest BCUT2D eigenvalue weighted by Crippen LogP contribution is 2.22. The molecular formula is C15H27N3O.